The van der Waals surface area contributed by atoms with Crippen LogP contribution in [0.25, 0.3) is 22.2 Å². The van der Waals surface area contributed by atoms with Crippen molar-refractivity contribution in [2.75, 3.05) is 0 Å². The second-order valence-electron chi connectivity index (χ2n) is 3.75. The molecular formula is C13H8Cl2N2. The zero-order valence-electron chi connectivity index (χ0n) is 8.74. The van der Waals surface area contributed by atoms with Crippen molar-refractivity contribution >= 4 is 34.1 Å². The van der Waals surface area contributed by atoms with Crippen molar-refractivity contribution in [2.24, 2.45) is 0 Å². The van der Waals surface area contributed by atoms with Crippen LogP contribution in [0.1, 0.15) is 0 Å². The van der Waals surface area contributed by atoms with Gasteiger partial charge in [0, 0.05) is 11.1 Å². The van der Waals surface area contributed by atoms with Gasteiger partial charge in [0.1, 0.15) is 10.3 Å². The monoisotopic (exact) mass is 262 g/mol. The molecular weight excluding hydrogens is 255 g/mol. The molecule has 0 fully saturated rings. The molecule has 2 aromatic heterocycles. The van der Waals surface area contributed by atoms with Gasteiger partial charge < -0.3 is 4.98 Å². The van der Waals surface area contributed by atoms with Crippen molar-refractivity contribution in [2.45, 2.75) is 0 Å². The molecule has 0 spiro atoms. The van der Waals surface area contributed by atoms with Gasteiger partial charge in [-0.15, -0.1) is 0 Å². The van der Waals surface area contributed by atoms with E-state index in [1.807, 2.05) is 36.4 Å². The number of rotatable bonds is 1. The van der Waals surface area contributed by atoms with Crippen molar-refractivity contribution < 1.29 is 0 Å². The summed E-state index contributed by atoms with van der Waals surface area (Å²) in [6, 6.07) is 13.8. The second-order valence-corrected chi connectivity index (χ2v) is 4.49. The number of hydrogen-bond donors (Lipinski definition) is 1. The number of nitrogens with one attached hydrogen (secondary N) is 1. The Morgan fingerprint density at radius 3 is 2.53 bits per heavy atom. The molecule has 0 amide bonds. The van der Waals surface area contributed by atoms with Gasteiger partial charge in [0.05, 0.1) is 5.52 Å². The maximum atomic E-state index is 6.05. The third kappa shape index (κ3) is 1.90. The molecule has 0 aliphatic carbocycles. The number of hydrogen-bond acceptors (Lipinski definition) is 1. The van der Waals surface area contributed by atoms with E-state index in [-0.39, 0.29) is 0 Å². The highest BCUT2D eigenvalue weighted by Gasteiger charge is 2.08. The molecule has 0 radical (unpaired) electrons. The van der Waals surface area contributed by atoms with E-state index in [4.69, 9.17) is 23.2 Å². The number of halogens is 2. The lowest BCUT2D eigenvalue weighted by molar-refractivity contribution is 1.35. The molecule has 17 heavy (non-hydrogen) atoms. The Bertz CT molecular complexity index is 674. The number of benzene rings is 1. The highest BCUT2D eigenvalue weighted by Crippen LogP contribution is 2.29. The van der Waals surface area contributed by atoms with Crippen LogP contribution >= 0.6 is 23.2 Å². The first-order chi connectivity index (χ1) is 8.24. The first-order valence-electron chi connectivity index (χ1n) is 5.14. The zero-order chi connectivity index (χ0) is 11.8. The van der Waals surface area contributed by atoms with E-state index in [0.717, 1.165) is 22.2 Å². The maximum Gasteiger partial charge on any atom is 0.140 e. The van der Waals surface area contributed by atoms with E-state index in [2.05, 4.69) is 9.97 Å². The van der Waals surface area contributed by atoms with Crippen molar-refractivity contribution in [3.63, 3.8) is 0 Å². The second kappa shape index (κ2) is 4.06. The first-order valence-corrected chi connectivity index (χ1v) is 5.90. The van der Waals surface area contributed by atoms with Crippen LogP contribution in [0, 0.1) is 0 Å². The number of aromatic amines is 1. The molecule has 4 heteroatoms. The summed E-state index contributed by atoms with van der Waals surface area (Å²) in [6.07, 6.45) is 0. The number of nitrogens with zero attached hydrogens (tertiary/aromatic N) is 1. The van der Waals surface area contributed by atoms with Crippen LogP contribution in [0.5, 0.6) is 0 Å². The first kappa shape index (κ1) is 10.6. The Balaban J connectivity index is 2.24. The summed E-state index contributed by atoms with van der Waals surface area (Å²) < 4.78 is 0. The van der Waals surface area contributed by atoms with E-state index in [0.29, 0.717) is 10.3 Å². The van der Waals surface area contributed by atoms with Crippen LogP contribution in [-0.4, -0.2) is 9.97 Å². The van der Waals surface area contributed by atoms with Gasteiger partial charge >= 0.3 is 0 Å². The topological polar surface area (TPSA) is 28.7 Å². The van der Waals surface area contributed by atoms with E-state index in [9.17, 15) is 0 Å². The summed E-state index contributed by atoms with van der Waals surface area (Å²) in [7, 11) is 0. The molecule has 0 atom stereocenters. The van der Waals surface area contributed by atoms with Gasteiger partial charge in [-0.3, -0.25) is 0 Å². The average molecular weight is 263 g/mol. The smallest absolute Gasteiger partial charge is 0.140 e. The van der Waals surface area contributed by atoms with Crippen LogP contribution in [0.2, 0.25) is 10.3 Å². The standard InChI is InChI=1S/C13H8Cl2N2/c14-12-7-11-9(13(15)17-12)6-10(16-11)8-4-2-1-3-5-8/h1-7,16H. The maximum absolute atomic E-state index is 6.05. The summed E-state index contributed by atoms with van der Waals surface area (Å²) >= 11 is 11.9. The summed E-state index contributed by atoms with van der Waals surface area (Å²) in [5.74, 6) is 0. The van der Waals surface area contributed by atoms with Crippen LogP contribution in [0.3, 0.4) is 0 Å². The molecule has 0 bridgehead atoms. The average Bonchev–Trinajstić information content (AvgIpc) is 2.74. The van der Waals surface area contributed by atoms with E-state index >= 15 is 0 Å². The fourth-order valence-electron chi connectivity index (χ4n) is 1.83. The van der Waals surface area contributed by atoms with E-state index < -0.39 is 0 Å². The lowest BCUT2D eigenvalue weighted by Gasteiger charge is -1.95. The molecule has 0 aliphatic rings. The molecule has 3 aromatic rings. The Hall–Kier alpha value is -1.51. The molecule has 84 valence electrons. The van der Waals surface area contributed by atoms with E-state index in [1.165, 1.54) is 0 Å². The summed E-state index contributed by atoms with van der Waals surface area (Å²) in [4.78, 5) is 7.30. The third-order valence-electron chi connectivity index (χ3n) is 2.62. The number of pyridine rings is 1. The molecule has 0 unspecified atom stereocenters. The number of fused-ring (bicyclic) bond motifs is 1. The van der Waals surface area contributed by atoms with Gasteiger partial charge in [-0.2, -0.15) is 0 Å². The molecule has 3 rings (SSSR count). The van der Waals surface area contributed by atoms with Gasteiger partial charge in [0.25, 0.3) is 0 Å². The highest BCUT2D eigenvalue weighted by atomic mass is 35.5. The minimum absolute atomic E-state index is 0.393. The fourth-order valence-corrected chi connectivity index (χ4v) is 2.32. The molecule has 0 saturated heterocycles. The van der Waals surface area contributed by atoms with Crippen LogP contribution < -0.4 is 0 Å². The van der Waals surface area contributed by atoms with Crippen molar-refractivity contribution in [3.05, 3.63) is 52.8 Å². The lowest BCUT2D eigenvalue weighted by Crippen LogP contribution is -1.77. The van der Waals surface area contributed by atoms with Gasteiger partial charge in [0.2, 0.25) is 0 Å². The van der Waals surface area contributed by atoms with Crippen LogP contribution in [0.15, 0.2) is 42.5 Å². The van der Waals surface area contributed by atoms with Gasteiger partial charge in [-0.05, 0) is 17.7 Å². The number of H-pyrrole nitrogens is 1. The largest absolute Gasteiger partial charge is 0.354 e. The van der Waals surface area contributed by atoms with Gasteiger partial charge in [-0.1, -0.05) is 53.5 Å². The lowest BCUT2D eigenvalue weighted by atomic mass is 10.1. The fraction of sp³-hybridized carbons (Fsp3) is 0. The molecule has 0 saturated carbocycles. The molecule has 2 heterocycles. The summed E-state index contributed by atoms with van der Waals surface area (Å²) in [5, 5.41) is 1.70. The Labute approximate surface area is 108 Å². The minimum Gasteiger partial charge on any atom is -0.354 e. The SMILES string of the molecule is Clc1cc2[nH]c(-c3ccccc3)cc2c(Cl)n1. The van der Waals surface area contributed by atoms with Crippen LogP contribution in [0.4, 0.5) is 0 Å². The van der Waals surface area contributed by atoms with E-state index in [1.54, 1.807) is 6.07 Å². The Morgan fingerprint density at radius 1 is 1.00 bits per heavy atom. The Kier molecular flexibility index (Phi) is 2.54. The Morgan fingerprint density at radius 2 is 1.76 bits per heavy atom. The normalized spacial score (nSPS) is 10.9. The summed E-state index contributed by atoms with van der Waals surface area (Å²) in [6.45, 7) is 0. The molecule has 1 N–H and O–H groups in total. The number of aromatic nitrogens is 2. The van der Waals surface area contributed by atoms with Crippen LogP contribution in [-0.2, 0) is 0 Å². The molecule has 0 aliphatic heterocycles. The quantitative estimate of drug-likeness (QED) is 0.641. The van der Waals surface area contributed by atoms with Gasteiger partial charge in [0.15, 0.2) is 0 Å². The van der Waals surface area contributed by atoms with Crippen molar-refractivity contribution in [3.8, 4) is 11.3 Å². The predicted octanol–water partition coefficient (Wildman–Crippen LogP) is 4.54. The zero-order valence-corrected chi connectivity index (χ0v) is 10.3. The van der Waals surface area contributed by atoms with Gasteiger partial charge in [-0.25, -0.2) is 4.98 Å². The summed E-state index contributed by atoms with van der Waals surface area (Å²) in [5.41, 5.74) is 3.01. The molecule has 1 aromatic carbocycles. The molecule has 2 nitrogen and oxygen atoms in total. The highest BCUT2D eigenvalue weighted by molar-refractivity contribution is 6.36. The van der Waals surface area contributed by atoms with Crippen molar-refractivity contribution in [1.29, 1.82) is 0 Å². The predicted molar refractivity (Wildman–Crippen MR) is 71.5 cm³/mol. The third-order valence-corrected chi connectivity index (χ3v) is 3.11. The van der Waals surface area contributed by atoms with Crippen molar-refractivity contribution in [1.82, 2.24) is 9.97 Å². The minimum atomic E-state index is 0.393.